The summed E-state index contributed by atoms with van der Waals surface area (Å²) in [7, 11) is 3.20. The molecule has 2 amide bonds. The van der Waals surface area contributed by atoms with Crippen molar-refractivity contribution >= 4 is 40.2 Å². The molecule has 0 saturated carbocycles. The molecule has 0 radical (unpaired) electrons. The molecule has 120 valence electrons. The molecule has 0 unspecified atom stereocenters. The van der Waals surface area contributed by atoms with E-state index < -0.39 is 11.3 Å². The summed E-state index contributed by atoms with van der Waals surface area (Å²) in [5.41, 5.74) is 0.778. The fourth-order valence-corrected chi connectivity index (χ4v) is 1.75. The monoisotopic (exact) mass is 327 g/mol. The Kier molecular flexibility index (Phi) is 6.81. The summed E-state index contributed by atoms with van der Waals surface area (Å²) in [6.45, 7) is 1.79. The van der Waals surface area contributed by atoms with Crippen LogP contribution in [0, 0.1) is 0 Å². The van der Waals surface area contributed by atoms with Gasteiger partial charge in [-0.1, -0.05) is 0 Å². The number of amides is 2. The molecule has 8 heteroatoms. The molecule has 0 bridgehead atoms. The van der Waals surface area contributed by atoms with E-state index in [4.69, 9.17) is 16.3 Å². The zero-order valence-corrected chi connectivity index (χ0v) is 13.4. The summed E-state index contributed by atoms with van der Waals surface area (Å²) in [5, 5.41) is 4.83. The summed E-state index contributed by atoms with van der Waals surface area (Å²) in [5.74, 6) is -0.594. The fourth-order valence-electron chi connectivity index (χ4n) is 1.66. The predicted molar refractivity (Wildman–Crippen MR) is 84.6 cm³/mol. The number of hydrogen-bond donors (Lipinski definition) is 2. The standard InChI is InChI=1S/C14H18ClN3O4/c1-9(19)22-12-8-10(17-13(20)6-7-16-2)4-5-11(12)18(3)14(15)21/h4-5,8,16H,6-7H2,1-3H3,(H,17,20). The minimum Gasteiger partial charge on any atom is -0.424 e. The first-order valence-corrected chi connectivity index (χ1v) is 6.93. The number of rotatable bonds is 6. The van der Waals surface area contributed by atoms with Crippen LogP contribution in [-0.2, 0) is 9.59 Å². The van der Waals surface area contributed by atoms with Crippen LogP contribution in [0.15, 0.2) is 18.2 Å². The van der Waals surface area contributed by atoms with Gasteiger partial charge < -0.3 is 15.4 Å². The van der Waals surface area contributed by atoms with Crippen molar-refractivity contribution in [3.63, 3.8) is 0 Å². The summed E-state index contributed by atoms with van der Waals surface area (Å²) < 4.78 is 5.06. The quantitative estimate of drug-likeness (QED) is 0.361. The lowest BCUT2D eigenvalue weighted by molar-refractivity contribution is -0.131. The smallest absolute Gasteiger partial charge is 0.320 e. The van der Waals surface area contributed by atoms with E-state index in [0.717, 1.165) is 4.90 Å². The summed E-state index contributed by atoms with van der Waals surface area (Å²) in [6, 6.07) is 4.59. The third-order valence-corrected chi connectivity index (χ3v) is 2.98. The topological polar surface area (TPSA) is 87.7 Å². The van der Waals surface area contributed by atoms with Crippen LogP contribution in [0.2, 0.25) is 0 Å². The van der Waals surface area contributed by atoms with Gasteiger partial charge in [0.2, 0.25) is 5.91 Å². The first-order chi connectivity index (χ1) is 10.3. The van der Waals surface area contributed by atoms with Gasteiger partial charge >= 0.3 is 11.3 Å². The van der Waals surface area contributed by atoms with Gasteiger partial charge in [0.15, 0.2) is 5.75 Å². The van der Waals surface area contributed by atoms with E-state index in [2.05, 4.69) is 10.6 Å². The molecule has 0 atom stereocenters. The van der Waals surface area contributed by atoms with Crippen molar-refractivity contribution in [1.82, 2.24) is 5.32 Å². The van der Waals surface area contributed by atoms with Crippen molar-refractivity contribution in [3.05, 3.63) is 18.2 Å². The number of carbonyl (C=O) groups is 3. The lowest BCUT2D eigenvalue weighted by Crippen LogP contribution is -2.21. The molecule has 0 fully saturated rings. The van der Waals surface area contributed by atoms with Crippen LogP contribution in [0.4, 0.5) is 16.2 Å². The number of ether oxygens (including phenoxy) is 1. The van der Waals surface area contributed by atoms with E-state index in [1.54, 1.807) is 13.1 Å². The van der Waals surface area contributed by atoms with E-state index >= 15 is 0 Å². The molecular weight excluding hydrogens is 310 g/mol. The van der Waals surface area contributed by atoms with Gasteiger partial charge in [0.05, 0.1) is 5.69 Å². The summed E-state index contributed by atoms with van der Waals surface area (Å²) >= 11 is 5.42. The maximum Gasteiger partial charge on any atom is 0.320 e. The molecule has 0 spiro atoms. The SMILES string of the molecule is CNCCC(=O)Nc1ccc(N(C)C(=O)Cl)c(OC(C)=O)c1. The van der Waals surface area contributed by atoms with E-state index in [0.29, 0.717) is 24.3 Å². The maximum atomic E-state index is 11.7. The van der Waals surface area contributed by atoms with Gasteiger partial charge in [-0.3, -0.25) is 19.3 Å². The molecule has 1 aromatic carbocycles. The second-order valence-corrected chi connectivity index (χ2v) is 4.81. The third-order valence-electron chi connectivity index (χ3n) is 2.72. The zero-order valence-electron chi connectivity index (χ0n) is 12.6. The molecule has 0 aliphatic carbocycles. The molecule has 0 aliphatic rings. The largest absolute Gasteiger partial charge is 0.424 e. The summed E-state index contributed by atoms with van der Waals surface area (Å²) in [6.07, 6.45) is 0.307. The van der Waals surface area contributed by atoms with Crippen molar-refractivity contribution in [3.8, 4) is 5.75 Å². The average molecular weight is 328 g/mol. The molecule has 7 nitrogen and oxygen atoms in total. The average Bonchev–Trinajstić information content (AvgIpc) is 2.44. The van der Waals surface area contributed by atoms with Gasteiger partial charge in [-0.05, 0) is 30.8 Å². The second kappa shape index (κ2) is 8.35. The Bertz CT molecular complexity index is 577. The van der Waals surface area contributed by atoms with E-state index in [9.17, 15) is 14.4 Å². The first kappa shape index (κ1) is 17.9. The number of nitrogens with one attached hydrogen (secondary N) is 2. The first-order valence-electron chi connectivity index (χ1n) is 6.55. The van der Waals surface area contributed by atoms with Crippen molar-refractivity contribution in [2.45, 2.75) is 13.3 Å². The molecule has 0 aliphatic heterocycles. The Labute approximate surface area is 133 Å². The number of anilines is 2. The number of benzene rings is 1. The number of hydrogen-bond acceptors (Lipinski definition) is 5. The molecule has 1 rings (SSSR count). The number of nitrogens with zero attached hydrogens (tertiary/aromatic N) is 1. The molecule has 2 N–H and O–H groups in total. The molecule has 0 aromatic heterocycles. The lowest BCUT2D eigenvalue weighted by atomic mass is 10.2. The molecule has 22 heavy (non-hydrogen) atoms. The lowest BCUT2D eigenvalue weighted by Gasteiger charge is -2.18. The van der Waals surface area contributed by atoms with Crippen LogP contribution in [0.5, 0.6) is 5.75 Å². The summed E-state index contributed by atoms with van der Waals surface area (Å²) in [4.78, 5) is 35.2. The Balaban J connectivity index is 3.01. The van der Waals surface area contributed by atoms with E-state index in [1.165, 1.54) is 26.1 Å². The van der Waals surface area contributed by atoms with Gasteiger partial charge in [0.1, 0.15) is 0 Å². The maximum absolute atomic E-state index is 11.7. The second-order valence-electron chi connectivity index (χ2n) is 4.49. The molecule has 0 saturated heterocycles. The predicted octanol–water partition coefficient (Wildman–Crippen LogP) is 1.95. The third kappa shape index (κ3) is 5.34. The minimum atomic E-state index is -0.723. The van der Waals surface area contributed by atoms with Crippen molar-refractivity contribution in [1.29, 1.82) is 0 Å². The van der Waals surface area contributed by atoms with Crippen LogP contribution in [0.3, 0.4) is 0 Å². The Morgan fingerprint density at radius 1 is 1.32 bits per heavy atom. The number of carbonyl (C=O) groups excluding carboxylic acids is 3. The van der Waals surface area contributed by atoms with Crippen LogP contribution < -0.4 is 20.3 Å². The fraction of sp³-hybridized carbons (Fsp3) is 0.357. The zero-order chi connectivity index (χ0) is 16.7. The van der Waals surface area contributed by atoms with Crippen LogP contribution in [0.1, 0.15) is 13.3 Å². The number of esters is 1. The minimum absolute atomic E-state index is 0.135. The van der Waals surface area contributed by atoms with E-state index in [1.807, 2.05) is 0 Å². The van der Waals surface area contributed by atoms with Crippen molar-refractivity contribution < 1.29 is 19.1 Å². The highest BCUT2D eigenvalue weighted by molar-refractivity contribution is 6.66. The Morgan fingerprint density at radius 3 is 2.55 bits per heavy atom. The van der Waals surface area contributed by atoms with Crippen LogP contribution in [0.25, 0.3) is 0 Å². The molecule has 0 heterocycles. The highest BCUT2D eigenvalue weighted by Crippen LogP contribution is 2.31. The highest BCUT2D eigenvalue weighted by Gasteiger charge is 2.16. The molecule has 1 aromatic rings. The van der Waals surface area contributed by atoms with Gasteiger partial charge in [-0.15, -0.1) is 0 Å². The van der Waals surface area contributed by atoms with Gasteiger partial charge in [-0.2, -0.15) is 0 Å². The van der Waals surface area contributed by atoms with E-state index in [-0.39, 0.29) is 11.7 Å². The van der Waals surface area contributed by atoms with Gasteiger partial charge in [-0.25, -0.2) is 0 Å². The van der Waals surface area contributed by atoms with Crippen LogP contribution in [-0.4, -0.2) is 37.9 Å². The number of halogens is 1. The van der Waals surface area contributed by atoms with Gasteiger partial charge in [0.25, 0.3) is 0 Å². The molecular formula is C14H18ClN3O4. The van der Waals surface area contributed by atoms with Crippen molar-refractivity contribution in [2.75, 3.05) is 30.9 Å². The Hall–Kier alpha value is -2.12. The van der Waals surface area contributed by atoms with Crippen molar-refractivity contribution in [2.24, 2.45) is 0 Å². The Morgan fingerprint density at radius 2 is 2.00 bits per heavy atom. The van der Waals surface area contributed by atoms with Gasteiger partial charge in [0, 0.05) is 38.7 Å². The normalized spacial score (nSPS) is 10.0. The van der Waals surface area contributed by atoms with Crippen LogP contribution >= 0.6 is 11.6 Å². The highest BCUT2D eigenvalue weighted by atomic mass is 35.5.